The first-order valence-electron chi connectivity index (χ1n) is 8.74. The summed E-state index contributed by atoms with van der Waals surface area (Å²) in [5.74, 6) is -0.681. The Kier molecular flexibility index (Phi) is 7.17. The van der Waals surface area contributed by atoms with Crippen molar-refractivity contribution >= 4 is 33.3 Å². The van der Waals surface area contributed by atoms with Gasteiger partial charge in [0.2, 0.25) is 15.9 Å². The van der Waals surface area contributed by atoms with Crippen molar-refractivity contribution in [1.82, 2.24) is 0 Å². The Morgan fingerprint density at radius 2 is 1.71 bits per heavy atom. The van der Waals surface area contributed by atoms with Gasteiger partial charge in [-0.15, -0.1) is 0 Å². The summed E-state index contributed by atoms with van der Waals surface area (Å²) in [5, 5.41) is 2.73. The molecule has 0 bridgehead atoms. The Morgan fingerprint density at radius 1 is 1.07 bits per heavy atom. The van der Waals surface area contributed by atoms with Crippen LogP contribution < -0.4 is 9.62 Å². The number of esters is 1. The van der Waals surface area contributed by atoms with Gasteiger partial charge in [-0.2, -0.15) is 0 Å². The van der Waals surface area contributed by atoms with E-state index in [0.717, 1.165) is 11.8 Å². The molecule has 2 rings (SSSR count). The highest BCUT2D eigenvalue weighted by Crippen LogP contribution is 2.22. The lowest BCUT2D eigenvalue weighted by Crippen LogP contribution is -2.32. The molecule has 0 saturated carbocycles. The maximum absolute atomic E-state index is 12.2. The molecule has 0 heterocycles. The van der Waals surface area contributed by atoms with E-state index < -0.39 is 16.0 Å². The fourth-order valence-electron chi connectivity index (χ4n) is 2.72. The molecule has 1 amide bonds. The number of benzene rings is 2. The van der Waals surface area contributed by atoms with Crippen molar-refractivity contribution in [2.45, 2.75) is 19.8 Å². The van der Waals surface area contributed by atoms with E-state index >= 15 is 0 Å². The third kappa shape index (κ3) is 5.82. The minimum Gasteiger partial charge on any atom is -0.465 e. The number of ether oxygens (including phenoxy) is 1. The number of aryl methyl sites for hydroxylation is 1. The Hall–Kier alpha value is -2.87. The first-order valence-corrected chi connectivity index (χ1v) is 10.6. The molecule has 1 N–H and O–H groups in total. The van der Waals surface area contributed by atoms with Crippen molar-refractivity contribution in [2.75, 3.05) is 29.5 Å². The van der Waals surface area contributed by atoms with Gasteiger partial charge >= 0.3 is 5.97 Å². The number of amides is 1. The number of anilines is 2. The van der Waals surface area contributed by atoms with Crippen molar-refractivity contribution in [3.8, 4) is 0 Å². The van der Waals surface area contributed by atoms with Crippen LogP contribution in [0, 0.1) is 6.92 Å². The van der Waals surface area contributed by atoms with Gasteiger partial charge in [0.05, 0.1) is 24.6 Å². The predicted molar refractivity (Wildman–Crippen MR) is 109 cm³/mol. The summed E-state index contributed by atoms with van der Waals surface area (Å²) in [4.78, 5) is 23.6. The number of nitrogens with zero attached hydrogens (tertiary/aromatic N) is 1. The Labute approximate surface area is 165 Å². The van der Waals surface area contributed by atoms with E-state index in [0.29, 0.717) is 23.4 Å². The molecule has 0 radical (unpaired) electrons. The topological polar surface area (TPSA) is 92.8 Å². The largest absolute Gasteiger partial charge is 0.465 e. The number of carbonyl (C=O) groups excluding carboxylic acids is 2. The number of carbonyl (C=O) groups is 2. The zero-order chi connectivity index (χ0) is 20.7. The average Bonchev–Trinajstić information content (AvgIpc) is 2.65. The van der Waals surface area contributed by atoms with Crippen LogP contribution in [0.4, 0.5) is 11.4 Å². The SMILES string of the molecule is COC(=O)c1ccc(NC(=O)CCCN(c2ccccc2C)S(C)(=O)=O)cc1. The monoisotopic (exact) mass is 404 g/mol. The lowest BCUT2D eigenvalue weighted by Gasteiger charge is -2.24. The summed E-state index contributed by atoms with van der Waals surface area (Å²) in [7, 11) is -2.15. The first kappa shape index (κ1) is 21.4. The fourth-order valence-corrected chi connectivity index (χ4v) is 3.75. The second-order valence-corrected chi connectivity index (χ2v) is 8.25. The lowest BCUT2D eigenvalue weighted by atomic mass is 10.2. The fraction of sp³-hybridized carbons (Fsp3) is 0.300. The van der Waals surface area contributed by atoms with Gasteiger partial charge in [-0.1, -0.05) is 18.2 Å². The maximum Gasteiger partial charge on any atom is 0.337 e. The summed E-state index contributed by atoms with van der Waals surface area (Å²) in [6.07, 6.45) is 1.69. The average molecular weight is 404 g/mol. The summed E-state index contributed by atoms with van der Waals surface area (Å²) in [6, 6.07) is 13.6. The van der Waals surface area contributed by atoms with Crippen LogP contribution in [0.15, 0.2) is 48.5 Å². The minimum absolute atomic E-state index is 0.163. The number of methoxy groups -OCH3 is 1. The highest BCUT2D eigenvalue weighted by Gasteiger charge is 2.19. The highest BCUT2D eigenvalue weighted by molar-refractivity contribution is 7.92. The standard InChI is InChI=1S/C20H24N2O5S/c1-15-7-4-5-8-18(15)22(28(3,25)26)14-6-9-19(23)21-17-12-10-16(11-13-17)20(24)27-2/h4-5,7-8,10-13H,6,9,14H2,1-3H3,(H,21,23). The van der Waals surface area contributed by atoms with Crippen LogP contribution in [0.3, 0.4) is 0 Å². The third-order valence-corrected chi connectivity index (χ3v) is 5.32. The van der Waals surface area contributed by atoms with Crippen LogP contribution in [0.2, 0.25) is 0 Å². The van der Waals surface area contributed by atoms with Gasteiger partial charge in [-0.05, 0) is 49.2 Å². The van der Waals surface area contributed by atoms with Crippen LogP contribution in [0.5, 0.6) is 0 Å². The maximum atomic E-state index is 12.2. The van der Waals surface area contributed by atoms with Crippen LogP contribution >= 0.6 is 0 Å². The van der Waals surface area contributed by atoms with Crippen molar-refractivity contribution < 1.29 is 22.7 Å². The number of nitrogens with one attached hydrogen (secondary N) is 1. The molecule has 28 heavy (non-hydrogen) atoms. The Bertz CT molecular complexity index is 939. The van der Waals surface area contributed by atoms with Gasteiger partial charge in [0, 0.05) is 18.7 Å². The van der Waals surface area contributed by atoms with Crippen LogP contribution in [0.1, 0.15) is 28.8 Å². The molecule has 0 aliphatic carbocycles. The van der Waals surface area contributed by atoms with Crippen molar-refractivity contribution in [1.29, 1.82) is 0 Å². The smallest absolute Gasteiger partial charge is 0.337 e. The van der Waals surface area contributed by atoms with Crippen LogP contribution in [0.25, 0.3) is 0 Å². The number of hydrogen-bond acceptors (Lipinski definition) is 5. The minimum atomic E-state index is -3.45. The van der Waals surface area contributed by atoms with Crippen LogP contribution in [-0.4, -0.2) is 40.2 Å². The van der Waals surface area contributed by atoms with Gasteiger partial charge < -0.3 is 10.1 Å². The van der Waals surface area contributed by atoms with E-state index in [1.807, 2.05) is 19.1 Å². The highest BCUT2D eigenvalue weighted by atomic mass is 32.2. The molecule has 2 aromatic rings. The summed E-state index contributed by atoms with van der Waals surface area (Å²) < 4.78 is 30.2. The number of sulfonamides is 1. The molecule has 0 aliphatic rings. The van der Waals surface area contributed by atoms with Gasteiger partial charge in [0.1, 0.15) is 0 Å². The van der Waals surface area contributed by atoms with Crippen molar-refractivity contribution in [3.63, 3.8) is 0 Å². The molecule has 0 aromatic heterocycles. The molecule has 0 unspecified atom stereocenters. The van der Waals surface area contributed by atoms with Crippen molar-refractivity contribution in [2.24, 2.45) is 0 Å². The molecular formula is C20H24N2O5S. The zero-order valence-electron chi connectivity index (χ0n) is 16.1. The first-order chi connectivity index (χ1) is 13.2. The molecule has 0 atom stereocenters. The van der Waals surface area contributed by atoms with Gasteiger partial charge in [-0.3, -0.25) is 9.10 Å². The number of rotatable bonds is 8. The Morgan fingerprint density at radius 3 is 2.29 bits per heavy atom. The van der Waals surface area contributed by atoms with Crippen molar-refractivity contribution in [3.05, 3.63) is 59.7 Å². The predicted octanol–water partition coefficient (Wildman–Crippen LogP) is 2.97. The number of para-hydroxylation sites is 1. The summed E-state index contributed by atoms with van der Waals surface area (Å²) in [5.41, 5.74) is 2.41. The molecule has 0 saturated heterocycles. The molecule has 7 nitrogen and oxygen atoms in total. The summed E-state index contributed by atoms with van der Waals surface area (Å²) in [6.45, 7) is 2.05. The Balaban J connectivity index is 1.94. The van der Waals surface area contributed by atoms with Gasteiger partial charge in [0.25, 0.3) is 0 Å². The lowest BCUT2D eigenvalue weighted by molar-refractivity contribution is -0.116. The van der Waals surface area contributed by atoms with E-state index in [9.17, 15) is 18.0 Å². The van der Waals surface area contributed by atoms with Gasteiger partial charge in [-0.25, -0.2) is 13.2 Å². The van der Waals surface area contributed by atoms with Crippen LogP contribution in [-0.2, 0) is 19.6 Å². The molecular weight excluding hydrogens is 380 g/mol. The molecule has 0 spiro atoms. The second kappa shape index (κ2) is 9.36. The second-order valence-electron chi connectivity index (χ2n) is 6.34. The third-order valence-electron chi connectivity index (χ3n) is 4.14. The number of hydrogen-bond donors (Lipinski definition) is 1. The molecule has 8 heteroatoms. The molecule has 150 valence electrons. The quantitative estimate of drug-likeness (QED) is 0.683. The normalized spacial score (nSPS) is 11.0. The summed E-state index contributed by atoms with van der Waals surface area (Å²) >= 11 is 0. The van der Waals surface area contributed by atoms with E-state index in [-0.39, 0.29) is 18.9 Å². The van der Waals surface area contributed by atoms with E-state index in [1.165, 1.54) is 11.4 Å². The molecule has 0 fully saturated rings. The van der Waals surface area contributed by atoms with E-state index in [1.54, 1.807) is 36.4 Å². The molecule has 2 aromatic carbocycles. The zero-order valence-corrected chi connectivity index (χ0v) is 17.0. The van der Waals surface area contributed by atoms with E-state index in [4.69, 9.17) is 0 Å². The molecule has 0 aliphatic heterocycles. The van der Waals surface area contributed by atoms with Gasteiger partial charge in [0.15, 0.2) is 0 Å². The van der Waals surface area contributed by atoms with E-state index in [2.05, 4.69) is 10.1 Å².